The van der Waals surface area contributed by atoms with Gasteiger partial charge in [0.2, 0.25) is 0 Å². The number of carboxylic acid groups (broad SMARTS) is 1. The van der Waals surface area contributed by atoms with E-state index in [2.05, 4.69) is 11.4 Å². The predicted octanol–water partition coefficient (Wildman–Crippen LogP) is 1.82. The van der Waals surface area contributed by atoms with Gasteiger partial charge in [0.25, 0.3) is 0 Å². The molecule has 92 valence electrons. The quantitative estimate of drug-likeness (QED) is 0.835. The van der Waals surface area contributed by atoms with E-state index in [1.165, 1.54) is 5.56 Å². The average molecular weight is 235 g/mol. The molecule has 0 amide bonds. The maximum absolute atomic E-state index is 11.1. The van der Waals surface area contributed by atoms with Gasteiger partial charge < -0.3 is 15.2 Å². The molecular formula is C13H17NO3. The first-order chi connectivity index (χ1) is 8.03. The van der Waals surface area contributed by atoms with Crippen LogP contribution in [0.2, 0.25) is 0 Å². The van der Waals surface area contributed by atoms with Crippen LogP contribution in [-0.4, -0.2) is 30.8 Å². The molecule has 0 bridgehead atoms. The normalized spacial score (nSPS) is 17.3. The summed E-state index contributed by atoms with van der Waals surface area (Å²) < 4.78 is 5.02. The lowest BCUT2D eigenvalue weighted by molar-refractivity contribution is -0.176. The molecule has 1 aromatic carbocycles. The second-order valence-electron chi connectivity index (χ2n) is 4.75. The summed E-state index contributed by atoms with van der Waals surface area (Å²) >= 11 is 0. The van der Waals surface area contributed by atoms with Crippen molar-refractivity contribution < 1.29 is 14.6 Å². The van der Waals surface area contributed by atoms with E-state index >= 15 is 0 Å². The SMILES string of the molecule is Cc1ccc(NCC2(C(=O)O)COC2)c(C)c1. The Labute approximate surface area is 101 Å². The topological polar surface area (TPSA) is 58.6 Å². The van der Waals surface area contributed by atoms with Gasteiger partial charge in [-0.2, -0.15) is 0 Å². The minimum atomic E-state index is -0.791. The highest BCUT2D eigenvalue weighted by Gasteiger charge is 2.46. The summed E-state index contributed by atoms with van der Waals surface area (Å²) in [5, 5.41) is 12.4. The Hall–Kier alpha value is -1.55. The smallest absolute Gasteiger partial charge is 0.316 e. The Morgan fingerprint density at radius 3 is 2.65 bits per heavy atom. The van der Waals surface area contributed by atoms with Crippen molar-refractivity contribution in [3.8, 4) is 0 Å². The second-order valence-corrected chi connectivity index (χ2v) is 4.75. The molecule has 1 heterocycles. The van der Waals surface area contributed by atoms with Gasteiger partial charge in [0.1, 0.15) is 5.41 Å². The number of aryl methyl sites for hydroxylation is 2. The zero-order valence-electron chi connectivity index (χ0n) is 10.1. The van der Waals surface area contributed by atoms with Crippen LogP contribution < -0.4 is 5.32 Å². The summed E-state index contributed by atoms with van der Waals surface area (Å²) in [4.78, 5) is 11.1. The van der Waals surface area contributed by atoms with Gasteiger partial charge in [0, 0.05) is 12.2 Å². The molecule has 1 fully saturated rings. The maximum atomic E-state index is 11.1. The summed E-state index contributed by atoms with van der Waals surface area (Å²) in [7, 11) is 0. The van der Waals surface area contributed by atoms with Crippen LogP contribution in [0.1, 0.15) is 11.1 Å². The minimum absolute atomic E-state index is 0.292. The van der Waals surface area contributed by atoms with Gasteiger partial charge in [-0.25, -0.2) is 0 Å². The number of carbonyl (C=O) groups is 1. The number of ether oxygens (including phenoxy) is 1. The summed E-state index contributed by atoms with van der Waals surface area (Å²) in [5.74, 6) is -0.791. The number of hydrogen-bond acceptors (Lipinski definition) is 3. The number of anilines is 1. The maximum Gasteiger partial charge on any atom is 0.316 e. The molecule has 0 aliphatic carbocycles. The first-order valence-corrected chi connectivity index (χ1v) is 5.66. The molecule has 1 saturated heterocycles. The Bertz CT molecular complexity index is 438. The van der Waals surface area contributed by atoms with Gasteiger partial charge >= 0.3 is 5.97 Å². The lowest BCUT2D eigenvalue weighted by Crippen LogP contribution is -2.53. The number of aliphatic carboxylic acids is 1. The van der Waals surface area contributed by atoms with E-state index in [0.29, 0.717) is 19.8 Å². The van der Waals surface area contributed by atoms with Gasteiger partial charge in [0.05, 0.1) is 13.2 Å². The third-order valence-electron chi connectivity index (χ3n) is 3.21. The first-order valence-electron chi connectivity index (χ1n) is 5.66. The molecule has 1 aromatic rings. The summed E-state index contributed by atoms with van der Waals surface area (Å²) in [6, 6.07) is 6.08. The number of rotatable bonds is 4. The van der Waals surface area contributed by atoms with Gasteiger partial charge in [-0.15, -0.1) is 0 Å². The van der Waals surface area contributed by atoms with Crippen molar-refractivity contribution in [3.05, 3.63) is 29.3 Å². The molecule has 0 atom stereocenters. The molecule has 4 heteroatoms. The van der Waals surface area contributed by atoms with Gasteiger partial charge in [-0.3, -0.25) is 4.79 Å². The Balaban J connectivity index is 2.04. The molecule has 4 nitrogen and oxygen atoms in total. The van der Waals surface area contributed by atoms with E-state index in [9.17, 15) is 4.79 Å². The third-order valence-corrected chi connectivity index (χ3v) is 3.21. The van der Waals surface area contributed by atoms with Crippen LogP contribution in [0.4, 0.5) is 5.69 Å². The molecule has 2 N–H and O–H groups in total. The highest BCUT2D eigenvalue weighted by Crippen LogP contribution is 2.29. The monoisotopic (exact) mass is 235 g/mol. The summed E-state index contributed by atoms with van der Waals surface area (Å²) in [5.41, 5.74) is 2.57. The molecule has 1 aliphatic heterocycles. The van der Waals surface area contributed by atoms with E-state index in [0.717, 1.165) is 11.3 Å². The van der Waals surface area contributed by atoms with Crippen LogP contribution in [0.15, 0.2) is 18.2 Å². The predicted molar refractivity (Wildman–Crippen MR) is 65.3 cm³/mol. The number of nitrogens with one attached hydrogen (secondary N) is 1. The van der Waals surface area contributed by atoms with Crippen LogP contribution >= 0.6 is 0 Å². The zero-order valence-corrected chi connectivity index (χ0v) is 10.1. The molecule has 1 aliphatic rings. The lowest BCUT2D eigenvalue weighted by atomic mass is 9.86. The fourth-order valence-electron chi connectivity index (χ4n) is 1.93. The minimum Gasteiger partial charge on any atom is -0.481 e. The molecular weight excluding hydrogens is 218 g/mol. The van der Waals surface area contributed by atoms with Gasteiger partial charge in [-0.05, 0) is 25.5 Å². The van der Waals surface area contributed by atoms with Crippen LogP contribution in [0.5, 0.6) is 0 Å². The van der Waals surface area contributed by atoms with Crippen LogP contribution in [0, 0.1) is 19.3 Å². The summed E-state index contributed by atoms with van der Waals surface area (Å²) in [6.07, 6.45) is 0. The molecule has 0 unspecified atom stereocenters. The van der Waals surface area contributed by atoms with E-state index < -0.39 is 11.4 Å². The van der Waals surface area contributed by atoms with Crippen molar-refractivity contribution in [1.29, 1.82) is 0 Å². The van der Waals surface area contributed by atoms with Crippen LogP contribution in [0.3, 0.4) is 0 Å². The van der Waals surface area contributed by atoms with Crippen molar-refractivity contribution in [2.75, 3.05) is 25.1 Å². The van der Waals surface area contributed by atoms with Gasteiger partial charge in [0.15, 0.2) is 0 Å². The fourth-order valence-corrected chi connectivity index (χ4v) is 1.93. The van der Waals surface area contributed by atoms with Crippen molar-refractivity contribution in [1.82, 2.24) is 0 Å². The molecule has 0 radical (unpaired) electrons. The molecule has 0 spiro atoms. The number of carboxylic acids is 1. The third kappa shape index (κ3) is 2.26. The van der Waals surface area contributed by atoms with Crippen LogP contribution in [-0.2, 0) is 9.53 Å². The van der Waals surface area contributed by atoms with E-state index in [1.807, 2.05) is 26.0 Å². The molecule has 17 heavy (non-hydrogen) atoms. The Morgan fingerprint density at radius 1 is 1.47 bits per heavy atom. The van der Waals surface area contributed by atoms with Crippen molar-refractivity contribution in [2.45, 2.75) is 13.8 Å². The highest BCUT2D eigenvalue weighted by atomic mass is 16.5. The zero-order chi connectivity index (χ0) is 12.5. The molecule has 0 saturated carbocycles. The standard InChI is InChI=1S/C13H17NO3/c1-9-3-4-11(10(2)5-9)14-6-13(12(15)16)7-17-8-13/h3-5,14H,6-8H2,1-2H3,(H,15,16). The Kier molecular flexibility index (Phi) is 3.07. The highest BCUT2D eigenvalue weighted by molar-refractivity contribution is 5.77. The number of benzene rings is 1. The second kappa shape index (κ2) is 4.37. The summed E-state index contributed by atoms with van der Waals surface area (Å²) in [6.45, 7) is 5.04. The largest absolute Gasteiger partial charge is 0.481 e. The van der Waals surface area contributed by atoms with E-state index in [-0.39, 0.29) is 0 Å². The van der Waals surface area contributed by atoms with Gasteiger partial charge in [-0.1, -0.05) is 17.7 Å². The van der Waals surface area contributed by atoms with Crippen molar-refractivity contribution in [3.63, 3.8) is 0 Å². The lowest BCUT2D eigenvalue weighted by Gasteiger charge is -2.37. The average Bonchev–Trinajstić information content (AvgIpc) is 2.18. The van der Waals surface area contributed by atoms with E-state index in [4.69, 9.17) is 9.84 Å². The number of hydrogen-bond donors (Lipinski definition) is 2. The molecule has 2 rings (SSSR count). The van der Waals surface area contributed by atoms with Crippen LogP contribution in [0.25, 0.3) is 0 Å². The fraction of sp³-hybridized carbons (Fsp3) is 0.462. The van der Waals surface area contributed by atoms with Crippen molar-refractivity contribution in [2.24, 2.45) is 5.41 Å². The first kappa shape index (κ1) is 11.9. The Morgan fingerprint density at radius 2 is 2.18 bits per heavy atom. The van der Waals surface area contributed by atoms with E-state index in [1.54, 1.807) is 0 Å². The molecule has 0 aromatic heterocycles. The van der Waals surface area contributed by atoms with Crippen molar-refractivity contribution >= 4 is 11.7 Å².